The first-order valence-electron chi connectivity index (χ1n) is 4.09. The summed E-state index contributed by atoms with van der Waals surface area (Å²) in [5, 5.41) is 0. The van der Waals surface area contributed by atoms with Crippen molar-refractivity contribution in [2.24, 2.45) is 11.8 Å². The highest BCUT2D eigenvalue weighted by molar-refractivity contribution is 5.75. The molecule has 0 aromatic carbocycles. The molecule has 0 aromatic heterocycles. The monoisotopic (exact) mass is 166 g/mol. The average molecular weight is 166 g/mol. The number of esters is 1. The maximum absolute atomic E-state index is 11.2. The fraction of sp³-hybridized carbons (Fsp3) is 0.500. The third kappa shape index (κ3) is 1.76. The summed E-state index contributed by atoms with van der Waals surface area (Å²) >= 11 is 0. The summed E-state index contributed by atoms with van der Waals surface area (Å²) in [5.41, 5.74) is 1.21. The second kappa shape index (κ2) is 3.57. The zero-order valence-electron chi connectivity index (χ0n) is 7.70. The number of ether oxygens (including phenoxy) is 1. The van der Waals surface area contributed by atoms with Gasteiger partial charge in [0.05, 0.1) is 13.0 Å². The summed E-state index contributed by atoms with van der Waals surface area (Å²) in [7, 11) is 1.42. The molecule has 2 unspecified atom stereocenters. The molecule has 12 heavy (non-hydrogen) atoms. The second-order valence-corrected chi connectivity index (χ2v) is 3.18. The van der Waals surface area contributed by atoms with Crippen LogP contribution in [0, 0.1) is 11.8 Å². The Morgan fingerprint density at radius 3 is 2.75 bits per heavy atom. The van der Waals surface area contributed by atoms with Gasteiger partial charge in [-0.15, -0.1) is 0 Å². The van der Waals surface area contributed by atoms with Gasteiger partial charge in [-0.25, -0.2) is 0 Å². The summed E-state index contributed by atoms with van der Waals surface area (Å²) in [6, 6.07) is 0. The molecule has 0 bridgehead atoms. The highest BCUT2D eigenvalue weighted by Gasteiger charge is 2.23. The van der Waals surface area contributed by atoms with Crippen molar-refractivity contribution in [3.05, 3.63) is 23.8 Å². The van der Waals surface area contributed by atoms with E-state index in [9.17, 15) is 4.79 Å². The summed E-state index contributed by atoms with van der Waals surface area (Å²) < 4.78 is 4.68. The van der Waals surface area contributed by atoms with Crippen LogP contribution in [0.5, 0.6) is 0 Å². The van der Waals surface area contributed by atoms with Crippen molar-refractivity contribution in [3.63, 3.8) is 0 Å². The van der Waals surface area contributed by atoms with Crippen LogP contribution in [0.1, 0.15) is 13.8 Å². The van der Waals surface area contributed by atoms with Gasteiger partial charge in [0.15, 0.2) is 0 Å². The zero-order chi connectivity index (χ0) is 9.14. The Bertz CT molecular complexity index is 238. The molecular formula is C10H14O2. The third-order valence-electron chi connectivity index (χ3n) is 2.13. The predicted molar refractivity (Wildman–Crippen MR) is 47.6 cm³/mol. The molecule has 0 saturated heterocycles. The fourth-order valence-electron chi connectivity index (χ4n) is 1.43. The lowest BCUT2D eigenvalue weighted by Gasteiger charge is -2.19. The van der Waals surface area contributed by atoms with Crippen molar-refractivity contribution in [2.75, 3.05) is 7.11 Å². The van der Waals surface area contributed by atoms with E-state index in [0.717, 1.165) is 0 Å². The van der Waals surface area contributed by atoms with Crippen molar-refractivity contribution in [3.8, 4) is 0 Å². The molecule has 0 spiro atoms. The number of carbonyl (C=O) groups excluding carboxylic acids is 1. The fourth-order valence-corrected chi connectivity index (χ4v) is 1.43. The number of allylic oxidation sites excluding steroid dienone is 3. The van der Waals surface area contributed by atoms with Gasteiger partial charge in [-0.3, -0.25) is 4.79 Å². The topological polar surface area (TPSA) is 26.3 Å². The molecule has 2 atom stereocenters. The van der Waals surface area contributed by atoms with Crippen LogP contribution >= 0.6 is 0 Å². The molecule has 0 fully saturated rings. The minimum absolute atomic E-state index is 0.0984. The Labute approximate surface area is 72.9 Å². The van der Waals surface area contributed by atoms with Crippen LogP contribution < -0.4 is 0 Å². The molecule has 66 valence electrons. The van der Waals surface area contributed by atoms with Gasteiger partial charge in [-0.05, 0) is 12.8 Å². The Hall–Kier alpha value is -1.05. The zero-order valence-corrected chi connectivity index (χ0v) is 7.70. The lowest BCUT2D eigenvalue weighted by molar-refractivity contribution is -0.144. The van der Waals surface area contributed by atoms with Gasteiger partial charge in [0.25, 0.3) is 0 Å². The first-order chi connectivity index (χ1) is 5.65. The van der Waals surface area contributed by atoms with Crippen LogP contribution in [-0.2, 0) is 9.53 Å². The van der Waals surface area contributed by atoms with Gasteiger partial charge in [0.2, 0.25) is 0 Å². The number of hydrogen-bond acceptors (Lipinski definition) is 2. The lowest BCUT2D eigenvalue weighted by Crippen LogP contribution is -2.21. The first kappa shape index (κ1) is 9.04. The van der Waals surface area contributed by atoms with E-state index >= 15 is 0 Å². The molecule has 0 aliphatic heterocycles. The van der Waals surface area contributed by atoms with Crippen LogP contribution in [0.4, 0.5) is 0 Å². The third-order valence-corrected chi connectivity index (χ3v) is 2.13. The van der Waals surface area contributed by atoms with Gasteiger partial charge in [0.1, 0.15) is 0 Å². The Balaban J connectivity index is 2.72. The summed E-state index contributed by atoms with van der Waals surface area (Å²) in [4.78, 5) is 11.2. The van der Waals surface area contributed by atoms with E-state index in [4.69, 9.17) is 0 Å². The van der Waals surface area contributed by atoms with E-state index < -0.39 is 0 Å². The van der Waals surface area contributed by atoms with E-state index in [1.165, 1.54) is 12.7 Å². The Morgan fingerprint density at radius 2 is 2.25 bits per heavy atom. The van der Waals surface area contributed by atoms with E-state index in [2.05, 4.69) is 10.8 Å². The Kier molecular flexibility index (Phi) is 2.69. The quantitative estimate of drug-likeness (QED) is 0.556. The van der Waals surface area contributed by atoms with Crippen molar-refractivity contribution < 1.29 is 9.53 Å². The molecule has 2 heteroatoms. The molecule has 0 heterocycles. The average Bonchev–Trinajstić information content (AvgIpc) is 2.03. The number of rotatable bonds is 1. The molecule has 1 rings (SSSR count). The molecule has 1 aliphatic carbocycles. The van der Waals surface area contributed by atoms with Gasteiger partial charge in [0, 0.05) is 0 Å². The highest BCUT2D eigenvalue weighted by atomic mass is 16.5. The Morgan fingerprint density at radius 1 is 1.58 bits per heavy atom. The number of hydrogen-bond donors (Lipinski definition) is 0. The van der Waals surface area contributed by atoms with Crippen LogP contribution in [0.25, 0.3) is 0 Å². The number of carbonyl (C=O) groups is 1. The van der Waals surface area contributed by atoms with Gasteiger partial charge in [-0.2, -0.15) is 0 Å². The molecule has 2 nitrogen and oxygen atoms in total. The second-order valence-electron chi connectivity index (χ2n) is 3.18. The maximum atomic E-state index is 11.2. The smallest absolute Gasteiger partial charge is 0.313 e. The number of methoxy groups -OCH3 is 1. The van der Waals surface area contributed by atoms with E-state index in [1.54, 1.807) is 0 Å². The first-order valence-corrected chi connectivity index (χ1v) is 4.09. The SMILES string of the molecule is COC(=O)C1C=CC(C)=CC1C. The summed E-state index contributed by atoms with van der Waals surface area (Å²) in [6.07, 6.45) is 5.95. The summed E-state index contributed by atoms with van der Waals surface area (Å²) in [5.74, 6) is 0.00338. The van der Waals surface area contributed by atoms with Gasteiger partial charge >= 0.3 is 5.97 Å². The highest BCUT2D eigenvalue weighted by Crippen LogP contribution is 2.23. The maximum Gasteiger partial charge on any atom is 0.313 e. The predicted octanol–water partition coefficient (Wildman–Crippen LogP) is 1.93. The van der Waals surface area contributed by atoms with Crippen LogP contribution in [0.15, 0.2) is 23.8 Å². The van der Waals surface area contributed by atoms with Crippen LogP contribution in [0.3, 0.4) is 0 Å². The molecule has 0 aromatic rings. The van der Waals surface area contributed by atoms with Gasteiger partial charge in [-0.1, -0.05) is 30.7 Å². The van der Waals surface area contributed by atoms with E-state index in [0.29, 0.717) is 0 Å². The molecular weight excluding hydrogens is 152 g/mol. The van der Waals surface area contributed by atoms with Crippen molar-refractivity contribution in [1.82, 2.24) is 0 Å². The van der Waals surface area contributed by atoms with Crippen molar-refractivity contribution in [1.29, 1.82) is 0 Å². The molecule has 1 aliphatic rings. The molecule has 0 saturated carbocycles. The van der Waals surface area contributed by atoms with Gasteiger partial charge < -0.3 is 4.74 Å². The lowest BCUT2D eigenvalue weighted by atomic mass is 9.88. The minimum Gasteiger partial charge on any atom is -0.469 e. The van der Waals surface area contributed by atoms with Crippen molar-refractivity contribution in [2.45, 2.75) is 13.8 Å². The van der Waals surface area contributed by atoms with Crippen molar-refractivity contribution >= 4 is 5.97 Å². The molecule has 0 amide bonds. The molecule has 0 N–H and O–H groups in total. The normalized spacial score (nSPS) is 28.1. The minimum atomic E-state index is -0.150. The molecule has 0 radical (unpaired) electrons. The standard InChI is InChI=1S/C10H14O2/c1-7-4-5-9(8(2)6-7)10(11)12-3/h4-6,8-9H,1-3H3. The van der Waals surface area contributed by atoms with Crippen LogP contribution in [-0.4, -0.2) is 13.1 Å². The van der Waals surface area contributed by atoms with E-state index in [-0.39, 0.29) is 17.8 Å². The van der Waals surface area contributed by atoms with E-state index in [1.807, 2.05) is 26.0 Å². The van der Waals surface area contributed by atoms with Crippen LogP contribution in [0.2, 0.25) is 0 Å². The summed E-state index contributed by atoms with van der Waals surface area (Å²) in [6.45, 7) is 4.05. The largest absolute Gasteiger partial charge is 0.469 e.